The molecule has 0 saturated heterocycles. The number of thiophene rings is 1. The number of carbonyl (C=O) groups is 2. The lowest BCUT2D eigenvalue weighted by Gasteiger charge is -2.62. The van der Waals surface area contributed by atoms with E-state index in [-0.39, 0.29) is 23.8 Å². The van der Waals surface area contributed by atoms with Gasteiger partial charge in [0.25, 0.3) is 5.91 Å². The Morgan fingerprint density at radius 1 is 1.29 bits per heavy atom. The van der Waals surface area contributed by atoms with Gasteiger partial charge in [-0.15, -0.1) is 11.3 Å². The van der Waals surface area contributed by atoms with Crippen molar-refractivity contribution in [2.45, 2.75) is 58.4 Å². The van der Waals surface area contributed by atoms with Crippen LogP contribution in [0.2, 0.25) is 0 Å². The van der Waals surface area contributed by atoms with Crippen LogP contribution in [-0.4, -0.2) is 23.0 Å². The fourth-order valence-electron chi connectivity index (χ4n) is 5.53. The van der Waals surface area contributed by atoms with E-state index in [4.69, 9.17) is 5.11 Å². The second kappa shape index (κ2) is 9.07. The second-order valence-electron chi connectivity index (χ2n) is 9.64. The summed E-state index contributed by atoms with van der Waals surface area (Å²) in [7, 11) is 0. The molecule has 31 heavy (non-hydrogen) atoms. The molecule has 6 heteroatoms. The topological polar surface area (TPSA) is 66.4 Å². The molecule has 0 radical (unpaired) electrons. The highest BCUT2D eigenvalue weighted by Crippen LogP contribution is 2.61. The first-order valence-electron chi connectivity index (χ1n) is 11.1. The molecule has 4 nitrogen and oxygen atoms in total. The molecule has 1 heterocycles. The summed E-state index contributed by atoms with van der Waals surface area (Å²) in [5.41, 5.74) is 1.05. The Morgan fingerprint density at radius 3 is 2.84 bits per heavy atom. The fourth-order valence-corrected chi connectivity index (χ4v) is 7.03. The van der Waals surface area contributed by atoms with E-state index in [1.54, 1.807) is 11.3 Å². The van der Waals surface area contributed by atoms with E-state index >= 15 is 0 Å². The smallest absolute Gasteiger partial charge is 0.303 e. The molecule has 2 bridgehead atoms. The molecule has 3 fully saturated rings. The zero-order chi connectivity index (χ0) is 22.2. The van der Waals surface area contributed by atoms with Crippen LogP contribution in [0.1, 0.15) is 62.7 Å². The minimum atomic E-state index is -0.737. The number of unbranched alkanes of at least 4 members (excludes halogenated alkanes) is 1. The van der Waals surface area contributed by atoms with E-state index in [1.165, 1.54) is 6.42 Å². The van der Waals surface area contributed by atoms with E-state index < -0.39 is 5.97 Å². The minimum absolute atomic E-state index is 0.0372. The van der Waals surface area contributed by atoms with Crippen LogP contribution in [0.25, 0.3) is 10.1 Å². The summed E-state index contributed by atoms with van der Waals surface area (Å²) < 4.78 is 2.15. The summed E-state index contributed by atoms with van der Waals surface area (Å²) >= 11 is 5.12. The van der Waals surface area contributed by atoms with Crippen molar-refractivity contribution in [3.8, 4) is 0 Å². The first-order valence-corrected chi connectivity index (χ1v) is 12.8. The summed E-state index contributed by atoms with van der Waals surface area (Å²) in [6.07, 6.45) is 9.28. The predicted octanol–water partition coefficient (Wildman–Crippen LogP) is 6.65. The number of benzene rings is 1. The summed E-state index contributed by atoms with van der Waals surface area (Å²) in [5.74, 6) is 0.986. The maximum absolute atomic E-state index is 13.3. The molecule has 1 amide bonds. The highest BCUT2D eigenvalue weighted by molar-refractivity contribution is 9.10. The Balaban J connectivity index is 1.45. The molecule has 1 aromatic carbocycles. The highest BCUT2D eigenvalue weighted by Gasteiger charge is 2.57. The van der Waals surface area contributed by atoms with Gasteiger partial charge in [-0.05, 0) is 67.4 Å². The third kappa shape index (κ3) is 4.61. The van der Waals surface area contributed by atoms with Gasteiger partial charge in [-0.1, -0.05) is 48.0 Å². The summed E-state index contributed by atoms with van der Waals surface area (Å²) in [5, 5.41) is 15.2. The van der Waals surface area contributed by atoms with Gasteiger partial charge < -0.3 is 10.4 Å². The molecular formula is C25H30BrNO3S. The van der Waals surface area contributed by atoms with Crippen LogP contribution in [-0.2, 0) is 4.79 Å². The Bertz CT molecular complexity index is 1010. The van der Waals surface area contributed by atoms with Gasteiger partial charge in [0.1, 0.15) is 0 Å². The summed E-state index contributed by atoms with van der Waals surface area (Å²) in [6.45, 7) is 4.70. The first-order chi connectivity index (χ1) is 14.8. The summed E-state index contributed by atoms with van der Waals surface area (Å²) in [6, 6.07) is 6.26. The molecule has 1 aromatic heterocycles. The maximum Gasteiger partial charge on any atom is 0.303 e. The molecule has 0 aliphatic heterocycles. The largest absolute Gasteiger partial charge is 0.481 e. The van der Waals surface area contributed by atoms with Gasteiger partial charge in [-0.25, -0.2) is 0 Å². The van der Waals surface area contributed by atoms with E-state index in [9.17, 15) is 9.59 Å². The number of hydrogen-bond donors (Lipinski definition) is 2. The van der Waals surface area contributed by atoms with Crippen LogP contribution in [0.3, 0.4) is 0 Å². The molecular weight excluding hydrogens is 474 g/mol. The van der Waals surface area contributed by atoms with E-state index in [1.807, 2.05) is 17.5 Å². The third-order valence-corrected chi connectivity index (χ3v) is 8.96. The number of carboxylic acid groups (broad SMARTS) is 1. The molecule has 1 unspecified atom stereocenters. The lowest BCUT2D eigenvalue weighted by Crippen LogP contribution is -2.63. The zero-order valence-corrected chi connectivity index (χ0v) is 20.5. The van der Waals surface area contributed by atoms with Gasteiger partial charge in [0, 0.05) is 32.4 Å². The van der Waals surface area contributed by atoms with Crippen LogP contribution in [0.4, 0.5) is 0 Å². The molecule has 5 rings (SSSR count). The number of fused-ring (bicyclic) bond motifs is 3. The number of allylic oxidation sites excluding steroid dienone is 2. The number of nitrogens with one attached hydrogen (secondary N) is 1. The van der Waals surface area contributed by atoms with Gasteiger partial charge in [-0.2, -0.15) is 0 Å². The standard InChI is InChI=1S/C25H30BrNO3S/c1-25(2)16-11-15(7-5-3-4-6-8-22(28)29)23(20(25)12-16)27-24(30)19-14-31-21-13-17(26)9-10-18(19)21/h3,5,9-10,13-16,20,23H,4,6-8,11-12H2,1-2H3,(H,27,30)(H,28,29)/t15-,16-,20-,23?/m1/s1. The van der Waals surface area contributed by atoms with Crippen molar-refractivity contribution >= 4 is 49.2 Å². The van der Waals surface area contributed by atoms with Crippen LogP contribution in [0.5, 0.6) is 0 Å². The Morgan fingerprint density at radius 2 is 2.10 bits per heavy atom. The van der Waals surface area contributed by atoms with Crippen molar-refractivity contribution in [2.24, 2.45) is 23.2 Å². The number of aliphatic carboxylic acids is 1. The maximum atomic E-state index is 13.3. The fraction of sp³-hybridized carbons (Fsp3) is 0.520. The molecule has 2 N–H and O–H groups in total. The quantitative estimate of drug-likeness (QED) is 0.313. The van der Waals surface area contributed by atoms with Crippen molar-refractivity contribution in [2.75, 3.05) is 0 Å². The Kier molecular flexibility index (Phi) is 6.59. The van der Waals surface area contributed by atoms with Crippen molar-refractivity contribution in [1.29, 1.82) is 0 Å². The third-order valence-electron chi connectivity index (χ3n) is 7.52. The van der Waals surface area contributed by atoms with Crippen molar-refractivity contribution in [1.82, 2.24) is 5.32 Å². The number of carboxylic acids is 1. The van der Waals surface area contributed by atoms with Crippen molar-refractivity contribution in [3.05, 3.63) is 45.8 Å². The Hall–Kier alpha value is -1.66. The second-order valence-corrected chi connectivity index (χ2v) is 11.5. The number of amides is 1. The number of rotatable bonds is 8. The molecule has 3 aliphatic carbocycles. The van der Waals surface area contributed by atoms with Crippen LogP contribution >= 0.6 is 27.3 Å². The minimum Gasteiger partial charge on any atom is -0.481 e. The highest BCUT2D eigenvalue weighted by atomic mass is 79.9. The van der Waals surface area contributed by atoms with Gasteiger partial charge in [0.05, 0.1) is 5.56 Å². The van der Waals surface area contributed by atoms with Gasteiger partial charge in [0.15, 0.2) is 0 Å². The van der Waals surface area contributed by atoms with Gasteiger partial charge >= 0.3 is 5.97 Å². The monoisotopic (exact) mass is 503 g/mol. The normalized spacial score (nSPS) is 26.7. The molecule has 166 valence electrons. The van der Waals surface area contributed by atoms with E-state index in [0.717, 1.165) is 45.3 Å². The van der Waals surface area contributed by atoms with Crippen LogP contribution in [0.15, 0.2) is 40.2 Å². The molecule has 2 aromatic rings. The van der Waals surface area contributed by atoms with Crippen LogP contribution in [0, 0.1) is 23.2 Å². The molecule has 0 spiro atoms. The van der Waals surface area contributed by atoms with Gasteiger partial charge in [-0.3, -0.25) is 9.59 Å². The molecule has 4 atom stereocenters. The number of halogens is 1. The van der Waals surface area contributed by atoms with E-state index in [2.05, 4.69) is 53.3 Å². The lowest BCUT2D eigenvalue weighted by atomic mass is 9.44. The molecule has 3 aliphatic rings. The average molecular weight is 504 g/mol. The number of carbonyl (C=O) groups excluding carboxylic acids is 1. The first kappa shape index (κ1) is 22.5. The molecule has 3 saturated carbocycles. The summed E-state index contributed by atoms with van der Waals surface area (Å²) in [4.78, 5) is 23.9. The SMILES string of the molecule is CC1(C)[C@@H]2C[C@@H](CC=CCCCC(=O)O)C(NC(=O)c3csc4cc(Br)ccc34)[C@H]1C2. The van der Waals surface area contributed by atoms with Crippen molar-refractivity contribution in [3.63, 3.8) is 0 Å². The Labute approximate surface area is 196 Å². The van der Waals surface area contributed by atoms with Crippen LogP contribution < -0.4 is 5.32 Å². The van der Waals surface area contributed by atoms with E-state index in [0.29, 0.717) is 18.3 Å². The number of hydrogen-bond acceptors (Lipinski definition) is 3. The average Bonchev–Trinajstić information content (AvgIpc) is 3.13. The predicted molar refractivity (Wildman–Crippen MR) is 130 cm³/mol. The van der Waals surface area contributed by atoms with Gasteiger partial charge in [0.2, 0.25) is 0 Å². The zero-order valence-electron chi connectivity index (χ0n) is 18.1. The van der Waals surface area contributed by atoms with Crippen molar-refractivity contribution < 1.29 is 14.7 Å². The lowest BCUT2D eigenvalue weighted by molar-refractivity contribution is -0.137.